The van der Waals surface area contributed by atoms with Gasteiger partial charge in [0.1, 0.15) is 5.75 Å². The van der Waals surface area contributed by atoms with E-state index in [1.165, 1.54) is 25.7 Å². The Kier molecular flexibility index (Phi) is 8.13. The number of likely N-dealkylation sites (tertiary alicyclic amines) is 1. The molecule has 1 aromatic rings. The van der Waals surface area contributed by atoms with Crippen molar-refractivity contribution < 1.29 is 22.7 Å². The fourth-order valence-electron chi connectivity index (χ4n) is 4.26. The van der Waals surface area contributed by atoms with Gasteiger partial charge in [-0.3, -0.25) is 14.5 Å². The van der Waals surface area contributed by atoms with Gasteiger partial charge in [-0.15, -0.1) is 0 Å². The Morgan fingerprint density at radius 2 is 1.75 bits per heavy atom. The van der Waals surface area contributed by atoms with Crippen molar-refractivity contribution in [2.75, 3.05) is 46.4 Å². The first-order valence-corrected chi connectivity index (χ1v) is 12.7. The second-order valence-corrected chi connectivity index (χ2v) is 10.3. The number of methoxy groups -OCH3 is 1. The number of piperidine rings is 1. The summed E-state index contributed by atoms with van der Waals surface area (Å²) in [6.45, 7) is 6.97. The van der Waals surface area contributed by atoms with Crippen molar-refractivity contribution in [1.82, 2.24) is 19.4 Å². The van der Waals surface area contributed by atoms with Gasteiger partial charge >= 0.3 is 0 Å². The Hall–Kier alpha value is -2.17. The summed E-state index contributed by atoms with van der Waals surface area (Å²) in [5, 5.41) is 0. The van der Waals surface area contributed by atoms with Gasteiger partial charge in [0.2, 0.25) is 21.8 Å². The van der Waals surface area contributed by atoms with Crippen LogP contribution in [0.5, 0.6) is 5.75 Å². The average molecular weight is 467 g/mol. The normalized spacial score (nSPS) is 21.3. The lowest BCUT2D eigenvalue weighted by molar-refractivity contribution is -0.137. The Labute approximate surface area is 190 Å². The van der Waals surface area contributed by atoms with E-state index < -0.39 is 16.1 Å². The molecule has 0 aromatic heterocycles. The molecule has 2 saturated heterocycles. The zero-order valence-electron chi connectivity index (χ0n) is 19.1. The van der Waals surface area contributed by atoms with E-state index in [2.05, 4.69) is 16.5 Å². The number of benzene rings is 1. The summed E-state index contributed by atoms with van der Waals surface area (Å²) in [7, 11) is -2.32. The minimum atomic E-state index is -3.83. The van der Waals surface area contributed by atoms with Crippen LogP contribution < -0.4 is 9.46 Å². The number of carbonyl (C=O) groups excluding carboxylic acids is 2. The van der Waals surface area contributed by atoms with E-state index in [-0.39, 0.29) is 16.7 Å². The molecule has 0 bridgehead atoms. The Morgan fingerprint density at radius 1 is 1.09 bits per heavy atom. The molecule has 10 heteroatoms. The molecule has 1 N–H and O–H groups in total. The van der Waals surface area contributed by atoms with E-state index in [4.69, 9.17) is 4.74 Å². The van der Waals surface area contributed by atoms with Gasteiger partial charge < -0.3 is 14.5 Å². The number of carbonyl (C=O) groups is 2. The van der Waals surface area contributed by atoms with E-state index in [1.54, 1.807) is 24.0 Å². The number of nitrogens with zero attached hydrogens (tertiary/aromatic N) is 3. The van der Waals surface area contributed by atoms with Crippen molar-refractivity contribution in [2.45, 2.75) is 50.1 Å². The predicted octanol–water partition coefficient (Wildman–Crippen LogP) is 0.907. The van der Waals surface area contributed by atoms with Gasteiger partial charge in [0.15, 0.2) is 0 Å². The van der Waals surface area contributed by atoms with Crippen LogP contribution in [0.2, 0.25) is 0 Å². The van der Waals surface area contributed by atoms with Crippen molar-refractivity contribution in [3.8, 4) is 5.75 Å². The topological polar surface area (TPSA) is 99.3 Å². The maximum absolute atomic E-state index is 12.8. The van der Waals surface area contributed by atoms with Crippen LogP contribution in [-0.2, 0) is 19.6 Å². The van der Waals surface area contributed by atoms with Crippen LogP contribution in [0, 0.1) is 0 Å². The molecule has 2 heterocycles. The van der Waals surface area contributed by atoms with Crippen LogP contribution in [0.4, 0.5) is 0 Å². The summed E-state index contributed by atoms with van der Waals surface area (Å²) in [6, 6.07) is 5.41. The first-order valence-electron chi connectivity index (χ1n) is 11.2. The standard InChI is InChI=1S/C22H34N4O5S/c1-17-6-4-5-11-26(17)21(27)16-24-12-14-25(15-13-24)22(28)18(2)23-32(29,30)20-9-7-19(31-3)8-10-20/h7-10,17-18,23H,4-6,11-16H2,1-3H3/t17?,18-/m0/s1. The van der Waals surface area contributed by atoms with Crippen LogP contribution in [-0.4, -0.2) is 93.4 Å². The van der Waals surface area contributed by atoms with Crippen molar-refractivity contribution in [3.63, 3.8) is 0 Å². The van der Waals surface area contributed by atoms with Crippen molar-refractivity contribution >= 4 is 21.8 Å². The molecule has 0 radical (unpaired) electrons. The Bertz CT molecular complexity index is 897. The van der Waals surface area contributed by atoms with Crippen molar-refractivity contribution in [1.29, 1.82) is 0 Å². The Balaban J connectivity index is 1.49. The average Bonchev–Trinajstić information content (AvgIpc) is 2.79. The molecule has 0 spiro atoms. The zero-order valence-corrected chi connectivity index (χ0v) is 19.9. The highest BCUT2D eigenvalue weighted by atomic mass is 32.2. The molecule has 32 heavy (non-hydrogen) atoms. The van der Waals surface area contributed by atoms with Gasteiger partial charge in [-0.25, -0.2) is 8.42 Å². The second kappa shape index (κ2) is 10.6. The molecular formula is C22H34N4O5S. The minimum Gasteiger partial charge on any atom is -0.497 e. The lowest BCUT2D eigenvalue weighted by Crippen LogP contribution is -2.56. The summed E-state index contributed by atoms with van der Waals surface area (Å²) in [4.78, 5) is 31.2. The summed E-state index contributed by atoms with van der Waals surface area (Å²) in [5.41, 5.74) is 0. The number of amides is 2. The van der Waals surface area contributed by atoms with Crippen molar-refractivity contribution in [3.05, 3.63) is 24.3 Å². The van der Waals surface area contributed by atoms with Gasteiger partial charge in [0.25, 0.3) is 0 Å². The first-order chi connectivity index (χ1) is 15.2. The monoisotopic (exact) mass is 466 g/mol. The fourth-order valence-corrected chi connectivity index (χ4v) is 5.45. The van der Waals surface area contributed by atoms with Crippen LogP contribution in [0.15, 0.2) is 29.2 Å². The summed E-state index contributed by atoms with van der Waals surface area (Å²) >= 11 is 0. The highest BCUT2D eigenvalue weighted by Crippen LogP contribution is 2.18. The largest absolute Gasteiger partial charge is 0.497 e. The molecule has 2 amide bonds. The quantitative estimate of drug-likeness (QED) is 0.641. The molecular weight excluding hydrogens is 432 g/mol. The summed E-state index contributed by atoms with van der Waals surface area (Å²) < 4.78 is 32.7. The third kappa shape index (κ3) is 5.99. The van der Waals surface area contributed by atoms with Gasteiger partial charge in [-0.05, 0) is 57.4 Å². The van der Waals surface area contributed by atoms with Crippen LogP contribution >= 0.6 is 0 Å². The zero-order chi connectivity index (χ0) is 23.3. The van der Waals surface area contributed by atoms with E-state index in [0.29, 0.717) is 44.5 Å². The molecule has 2 aliphatic rings. The predicted molar refractivity (Wildman–Crippen MR) is 121 cm³/mol. The smallest absolute Gasteiger partial charge is 0.241 e. The highest BCUT2D eigenvalue weighted by molar-refractivity contribution is 7.89. The number of hydrogen-bond donors (Lipinski definition) is 1. The van der Waals surface area contributed by atoms with Crippen LogP contribution in [0.25, 0.3) is 0 Å². The molecule has 1 aromatic carbocycles. The Morgan fingerprint density at radius 3 is 2.34 bits per heavy atom. The van der Waals surface area contributed by atoms with Gasteiger partial charge in [0.05, 0.1) is 24.6 Å². The SMILES string of the molecule is COc1ccc(S(=O)(=O)N[C@@H](C)C(=O)N2CCN(CC(=O)N3CCCCC3C)CC2)cc1. The molecule has 1 unspecified atom stereocenters. The van der Waals surface area contributed by atoms with E-state index in [1.807, 2.05) is 4.90 Å². The maximum atomic E-state index is 12.8. The highest BCUT2D eigenvalue weighted by Gasteiger charge is 2.30. The summed E-state index contributed by atoms with van der Waals surface area (Å²) in [6.07, 6.45) is 3.28. The van der Waals surface area contributed by atoms with Crippen molar-refractivity contribution in [2.24, 2.45) is 0 Å². The summed E-state index contributed by atoms with van der Waals surface area (Å²) in [5.74, 6) is 0.439. The number of nitrogens with one attached hydrogen (secondary N) is 1. The van der Waals surface area contributed by atoms with Gasteiger partial charge in [-0.1, -0.05) is 0 Å². The fraction of sp³-hybridized carbons (Fsp3) is 0.636. The molecule has 0 saturated carbocycles. The molecule has 2 aliphatic heterocycles. The van der Waals surface area contributed by atoms with E-state index in [0.717, 1.165) is 19.4 Å². The molecule has 9 nitrogen and oxygen atoms in total. The molecule has 0 aliphatic carbocycles. The van der Waals surface area contributed by atoms with E-state index >= 15 is 0 Å². The first kappa shape index (κ1) is 24.5. The minimum absolute atomic E-state index is 0.0771. The molecule has 2 fully saturated rings. The number of piperazine rings is 1. The second-order valence-electron chi connectivity index (χ2n) is 8.55. The van der Waals surface area contributed by atoms with Gasteiger partial charge in [0, 0.05) is 38.8 Å². The van der Waals surface area contributed by atoms with Crippen LogP contribution in [0.1, 0.15) is 33.1 Å². The molecule has 2 atom stereocenters. The molecule has 3 rings (SSSR count). The lowest BCUT2D eigenvalue weighted by Gasteiger charge is -2.38. The third-order valence-corrected chi connectivity index (χ3v) is 7.79. The maximum Gasteiger partial charge on any atom is 0.241 e. The van der Waals surface area contributed by atoms with E-state index in [9.17, 15) is 18.0 Å². The van der Waals surface area contributed by atoms with Gasteiger partial charge in [-0.2, -0.15) is 4.72 Å². The third-order valence-electron chi connectivity index (χ3n) is 6.24. The lowest BCUT2D eigenvalue weighted by atomic mass is 10.0. The van der Waals surface area contributed by atoms with Crippen LogP contribution in [0.3, 0.4) is 0 Å². The number of sulfonamides is 1. The number of rotatable bonds is 7. The molecule has 178 valence electrons. The number of ether oxygens (including phenoxy) is 1. The number of hydrogen-bond acceptors (Lipinski definition) is 6.